The maximum absolute atomic E-state index is 11.5. The fourth-order valence-corrected chi connectivity index (χ4v) is 1.20. The lowest BCUT2D eigenvalue weighted by Crippen LogP contribution is -2.30. The lowest BCUT2D eigenvalue weighted by Gasteiger charge is -2.08. The molecule has 0 aliphatic carbocycles. The van der Waals surface area contributed by atoms with Gasteiger partial charge in [-0.15, -0.1) is 0 Å². The Bertz CT molecular complexity index is 366. The number of aliphatic hydroxyl groups is 1. The van der Waals surface area contributed by atoms with Gasteiger partial charge in [0.25, 0.3) is 5.91 Å². The van der Waals surface area contributed by atoms with E-state index < -0.39 is 12.0 Å². The third kappa shape index (κ3) is 3.42. The summed E-state index contributed by atoms with van der Waals surface area (Å²) in [6.07, 6.45) is -0.629. The molecule has 1 amide bonds. The zero-order valence-corrected chi connectivity index (χ0v) is 8.95. The minimum absolute atomic E-state index is 0.100. The van der Waals surface area contributed by atoms with E-state index in [1.54, 1.807) is 6.92 Å². The Morgan fingerprint density at radius 1 is 1.60 bits per heavy atom. The Morgan fingerprint density at radius 3 is 2.87 bits per heavy atom. The largest absolute Gasteiger partial charge is 0.507 e. The summed E-state index contributed by atoms with van der Waals surface area (Å²) in [7, 11) is 0. The number of carbonyl (C=O) groups is 1. The van der Waals surface area contributed by atoms with E-state index in [1.165, 1.54) is 18.2 Å². The van der Waals surface area contributed by atoms with Crippen LogP contribution in [0.5, 0.6) is 5.75 Å². The van der Waals surface area contributed by atoms with Crippen molar-refractivity contribution in [1.82, 2.24) is 5.32 Å². The third-order valence-electron chi connectivity index (χ3n) is 1.76. The number of carbonyl (C=O) groups excluding carboxylic acids is 1. The average molecular weight is 230 g/mol. The number of phenolic OH excluding ortho intramolecular Hbond substituents is 1. The summed E-state index contributed by atoms with van der Waals surface area (Å²) in [4.78, 5) is 11.5. The van der Waals surface area contributed by atoms with Gasteiger partial charge in [0, 0.05) is 11.6 Å². The van der Waals surface area contributed by atoms with Crippen LogP contribution in [-0.4, -0.2) is 28.8 Å². The molecule has 0 aromatic heterocycles. The fraction of sp³-hybridized carbons (Fsp3) is 0.300. The Morgan fingerprint density at radius 2 is 2.27 bits per heavy atom. The zero-order valence-electron chi connectivity index (χ0n) is 8.20. The van der Waals surface area contributed by atoms with Crippen molar-refractivity contribution >= 4 is 17.5 Å². The minimum Gasteiger partial charge on any atom is -0.507 e. The summed E-state index contributed by atoms with van der Waals surface area (Å²) in [5.74, 6) is -0.599. The standard InChI is InChI=1S/C10H12ClNO3/c1-6(13)5-12-10(15)8-4-7(11)2-3-9(8)14/h2-4,6,13-14H,5H2,1H3,(H,12,15)/t6-/m0/s1. The van der Waals surface area contributed by atoms with Crippen LogP contribution >= 0.6 is 11.6 Å². The predicted molar refractivity (Wildman–Crippen MR) is 57.1 cm³/mol. The van der Waals surface area contributed by atoms with Gasteiger partial charge in [-0.25, -0.2) is 0 Å². The van der Waals surface area contributed by atoms with Crippen LogP contribution in [-0.2, 0) is 0 Å². The van der Waals surface area contributed by atoms with Crippen molar-refractivity contribution in [2.24, 2.45) is 0 Å². The number of aliphatic hydroxyl groups excluding tert-OH is 1. The molecule has 0 aliphatic heterocycles. The molecule has 0 unspecified atom stereocenters. The highest BCUT2D eigenvalue weighted by molar-refractivity contribution is 6.31. The summed E-state index contributed by atoms with van der Waals surface area (Å²) < 4.78 is 0. The Kier molecular flexibility index (Phi) is 3.94. The molecular formula is C10H12ClNO3. The molecule has 0 heterocycles. The number of rotatable bonds is 3. The van der Waals surface area contributed by atoms with Crippen LogP contribution in [0.25, 0.3) is 0 Å². The topological polar surface area (TPSA) is 69.6 Å². The number of phenols is 1. The van der Waals surface area contributed by atoms with Crippen LogP contribution in [0.4, 0.5) is 0 Å². The molecule has 4 nitrogen and oxygen atoms in total. The van der Waals surface area contributed by atoms with Crippen molar-refractivity contribution in [1.29, 1.82) is 0 Å². The molecule has 1 rings (SSSR count). The molecule has 0 saturated heterocycles. The molecule has 0 radical (unpaired) electrons. The van der Waals surface area contributed by atoms with Gasteiger partial charge in [0.15, 0.2) is 0 Å². The second-order valence-electron chi connectivity index (χ2n) is 3.22. The van der Waals surface area contributed by atoms with E-state index in [-0.39, 0.29) is 17.9 Å². The van der Waals surface area contributed by atoms with Gasteiger partial charge in [-0.05, 0) is 25.1 Å². The van der Waals surface area contributed by atoms with Gasteiger partial charge in [0.2, 0.25) is 0 Å². The molecule has 3 N–H and O–H groups in total. The molecule has 0 fully saturated rings. The Hall–Kier alpha value is -1.26. The van der Waals surface area contributed by atoms with E-state index in [0.717, 1.165) is 0 Å². The van der Waals surface area contributed by atoms with Crippen molar-refractivity contribution in [2.75, 3.05) is 6.54 Å². The highest BCUT2D eigenvalue weighted by Crippen LogP contribution is 2.21. The number of hydrogen-bond acceptors (Lipinski definition) is 3. The molecule has 0 spiro atoms. The summed E-state index contributed by atoms with van der Waals surface area (Å²) in [6.45, 7) is 1.68. The van der Waals surface area contributed by atoms with Crippen LogP contribution in [0, 0.1) is 0 Å². The first kappa shape index (κ1) is 11.8. The molecule has 82 valence electrons. The monoisotopic (exact) mass is 229 g/mol. The van der Waals surface area contributed by atoms with Gasteiger partial charge in [-0.3, -0.25) is 4.79 Å². The maximum atomic E-state index is 11.5. The second kappa shape index (κ2) is 5.00. The van der Waals surface area contributed by atoms with E-state index in [4.69, 9.17) is 16.7 Å². The smallest absolute Gasteiger partial charge is 0.255 e. The fourth-order valence-electron chi connectivity index (χ4n) is 1.03. The van der Waals surface area contributed by atoms with Gasteiger partial charge >= 0.3 is 0 Å². The first-order chi connectivity index (χ1) is 7.00. The van der Waals surface area contributed by atoms with E-state index in [1.807, 2.05) is 0 Å². The van der Waals surface area contributed by atoms with Gasteiger partial charge in [0.05, 0.1) is 11.7 Å². The van der Waals surface area contributed by atoms with Crippen molar-refractivity contribution in [3.63, 3.8) is 0 Å². The molecule has 0 aliphatic rings. The van der Waals surface area contributed by atoms with E-state index in [0.29, 0.717) is 5.02 Å². The van der Waals surface area contributed by atoms with Crippen molar-refractivity contribution in [3.05, 3.63) is 28.8 Å². The summed E-state index contributed by atoms with van der Waals surface area (Å²) in [5.41, 5.74) is 0.100. The van der Waals surface area contributed by atoms with Crippen LogP contribution < -0.4 is 5.32 Å². The lowest BCUT2D eigenvalue weighted by molar-refractivity contribution is 0.0921. The number of halogens is 1. The highest BCUT2D eigenvalue weighted by atomic mass is 35.5. The molecule has 5 heteroatoms. The van der Waals surface area contributed by atoms with Crippen LogP contribution in [0.2, 0.25) is 5.02 Å². The SMILES string of the molecule is C[C@H](O)CNC(=O)c1cc(Cl)ccc1O. The number of benzene rings is 1. The molecular weight excluding hydrogens is 218 g/mol. The van der Waals surface area contributed by atoms with Gasteiger partial charge in [0.1, 0.15) is 5.75 Å². The van der Waals surface area contributed by atoms with Crippen molar-refractivity contribution in [3.8, 4) is 5.75 Å². The number of aromatic hydroxyl groups is 1. The third-order valence-corrected chi connectivity index (χ3v) is 2.00. The maximum Gasteiger partial charge on any atom is 0.255 e. The van der Waals surface area contributed by atoms with E-state index >= 15 is 0 Å². The van der Waals surface area contributed by atoms with Crippen LogP contribution in [0.15, 0.2) is 18.2 Å². The summed E-state index contributed by atoms with van der Waals surface area (Å²) in [6, 6.07) is 4.20. The number of hydrogen-bond donors (Lipinski definition) is 3. The molecule has 15 heavy (non-hydrogen) atoms. The first-order valence-corrected chi connectivity index (χ1v) is 4.83. The number of amides is 1. The molecule has 1 aromatic carbocycles. The average Bonchev–Trinajstić information content (AvgIpc) is 2.18. The van der Waals surface area contributed by atoms with Gasteiger partial charge < -0.3 is 15.5 Å². The number of nitrogens with one attached hydrogen (secondary N) is 1. The normalized spacial score (nSPS) is 12.2. The Balaban J connectivity index is 2.77. The predicted octanol–water partition coefficient (Wildman–Crippen LogP) is 1.16. The summed E-state index contributed by atoms with van der Waals surface area (Å²) in [5, 5.41) is 21.2. The minimum atomic E-state index is -0.629. The molecule has 1 atom stereocenters. The van der Waals surface area contributed by atoms with E-state index in [9.17, 15) is 9.90 Å². The molecule has 0 saturated carbocycles. The Labute approximate surface area is 92.5 Å². The van der Waals surface area contributed by atoms with Crippen molar-refractivity contribution in [2.45, 2.75) is 13.0 Å². The second-order valence-corrected chi connectivity index (χ2v) is 3.66. The zero-order chi connectivity index (χ0) is 11.4. The molecule has 1 aromatic rings. The van der Waals surface area contributed by atoms with E-state index in [2.05, 4.69) is 5.32 Å². The summed E-state index contributed by atoms with van der Waals surface area (Å²) >= 11 is 5.68. The van der Waals surface area contributed by atoms with Crippen LogP contribution in [0.3, 0.4) is 0 Å². The lowest BCUT2D eigenvalue weighted by atomic mass is 10.2. The quantitative estimate of drug-likeness (QED) is 0.729. The van der Waals surface area contributed by atoms with Crippen molar-refractivity contribution < 1.29 is 15.0 Å². The van der Waals surface area contributed by atoms with Gasteiger partial charge in [-0.1, -0.05) is 11.6 Å². The molecule has 0 bridgehead atoms. The highest BCUT2D eigenvalue weighted by Gasteiger charge is 2.11. The van der Waals surface area contributed by atoms with Gasteiger partial charge in [-0.2, -0.15) is 0 Å². The first-order valence-electron chi connectivity index (χ1n) is 4.45. The van der Waals surface area contributed by atoms with Crippen LogP contribution in [0.1, 0.15) is 17.3 Å².